The van der Waals surface area contributed by atoms with Crippen molar-refractivity contribution in [2.45, 2.75) is 25.4 Å². The van der Waals surface area contributed by atoms with E-state index in [4.69, 9.17) is 8.83 Å². The van der Waals surface area contributed by atoms with Crippen molar-refractivity contribution in [1.29, 1.82) is 0 Å². The molecule has 1 amide bonds. The van der Waals surface area contributed by atoms with Crippen molar-refractivity contribution in [1.82, 2.24) is 19.7 Å². The van der Waals surface area contributed by atoms with Crippen molar-refractivity contribution in [3.05, 3.63) is 75.2 Å². The summed E-state index contributed by atoms with van der Waals surface area (Å²) in [6.07, 6.45) is 3.38. The molecule has 1 fully saturated rings. The van der Waals surface area contributed by atoms with E-state index in [9.17, 15) is 14.4 Å². The third kappa shape index (κ3) is 3.24. The van der Waals surface area contributed by atoms with E-state index < -0.39 is 11.5 Å². The van der Waals surface area contributed by atoms with Crippen LogP contribution >= 0.6 is 0 Å². The lowest BCUT2D eigenvalue weighted by Gasteiger charge is -2.05. The summed E-state index contributed by atoms with van der Waals surface area (Å²) in [5, 5.41) is 7.70. The van der Waals surface area contributed by atoms with Gasteiger partial charge in [0.05, 0.1) is 12.8 Å². The van der Waals surface area contributed by atoms with E-state index >= 15 is 0 Å². The molecule has 0 radical (unpaired) electrons. The molecule has 1 aromatic carbocycles. The summed E-state index contributed by atoms with van der Waals surface area (Å²) in [6.45, 7) is 0.293. The number of carbonyl (C=O) groups excluding carboxylic acids is 1. The highest BCUT2D eigenvalue weighted by atomic mass is 16.4. The summed E-state index contributed by atoms with van der Waals surface area (Å²) in [5.41, 5.74) is -0.618. The summed E-state index contributed by atoms with van der Waals surface area (Å²) < 4.78 is 13.5. The Bertz CT molecular complexity index is 1340. The van der Waals surface area contributed by atoms with Crippen LogP contribution in [0, 0.1) is 0 Å². The van der Waals surface area contributed by atoms with Gasteiger partial charge in [0.25, 0.3) is 5.91 Å². The monoisotopic (exact) mass is 406 g/mol. The number of furan rings is 1. The lowest BCUT2D eigenvalue weighted by atomic mass is 10.2. The van der Waals surface area contributed by atoms with Crippen LogP contribution in [0.1, 0.15) is 29.2 Å². The molecule has 3 aromatic heterocycles. The van der Waals surface area contributed by atoms with Gasteiger partial charge in [0, 0.05) is 18.0 Å². The number of hydrogen-bond donors (Lipinski definition) is 1. The molecular weight excluding hydrogens is 388 g/mol. The Balaban J connectivity index is 1.33. The second kappa shape index (κ2) is 7.18. The Morgan fingerprint density at radius 1 is 1.17 bits per heavy atom. The number of nitrogens with one attached hydrogen (secondary N) is 1. The molecule has 30 heavy (non-hydrogen) atoms. The lowest BCUT2D eigenvalue weighted by Crippen LogP contribution is -2.34. The largest absolute Gasteiger partial charge is 0.461 e. The molecule has 0 unspecified atom stereocenters. The summed E-state index contributed by atoms with van der Waals surface area (Å²) in [5.74, 6) is 0.444. The van der Waals surface area contributed by atoms with E-state index in [2.05, 4.69) is 10.4 Å². The molecular formula is C21H18N4O5. The van der Waals surface area contributed by atoms with Crippen LogP contribution < -0.4 is 16.6 Å². The van der Waals surface area contributed by atoms with E-state index in [1.54, 1.807) is 41.0 Å². The number of rotatable bonds is 6. The maximum Gasteiger partial charge on any atom is 0.349 e. The molecule has 5 rings (SSSR count). The molecule has 0 atom stereocenters. The quantitative estimate of drug-likeness (QED) is 0.491. The van der Waals surface area contributed by atoms with E-state index in [1.807, 2.05) is 0 Å². The standard InChI is InChI=1S/C21H18N4O5/c26-19(15-12-13-4-1-2-5-16(13)30-20(15)27)22-9-10-24-21(28)25(14-7-8-14)18(23-24)17-6-3-11-29-17/h1-6,11-12,14H,7-10H2,(H,22,26). The predicted molar refractivity (Wildman–Crippen MR) is 107 cm³/mol. The van der Waals surface area contributed by atoms with Gasteiger partial charge in [0.1, 0.15) is 11.1 Å². The first kappa shape index (κ1) is 18.2. The Labute approximate surface area is 169 Å². The second-order valence-corrected chi connectivity index (χ2v) is 7.15. The van der Waals surface area contributed by atoms with Crippen LogP contribution in [0.5, 0.6) is 0 Å². The smallest absolute Gasteiger partial charge is 0.349 e. The number of nitrogens with zero attached hydrogens (tertiary/aromatic N) is 3. The average molecular weight is 406 g/mol. The Hall–Kier alpha value is -3.88. The van der Waals surface area contributed by atoms with E-state index in [0.717, 1.165) is 12.8 Å². The van der Waals surface area contributed by atoms with Crippen LogP contribution in [0.2, 0.25) is 0 Å². The predicted octanol–water partition coefficient (Wildman–Crippen LogP) is 2.18. The third-order valence-corrected chi connectivity index (χ3v) is 5.02. The lowest BCUT2D eigenvalue weighted by molar-refractivity contribution is 0.0948. The van der Waals surface area contributed by atoms with Gasteiger partial charge in [-0.1, -0.05) is 18.2 Å². The van der Waals surface area contributed by atoms with Crippen molar-refractivity contribution >= 4 is 16.9 Å². The summed E-state index contributed by atoms with van der Waals surface area (Å²) in [4.78, 5) is 37.3. The Morgan fingerprint density at radius 3 is 2.77 bits per heavy atom. The van der Waals surface area contributed by atoms with Gasteiger partial charge < -0.3 is 14.2 Å². The number of hydrogen-bond acceptors (Lipinski definition) is 6. The maximum atomic E-state index is 12.8. The molecule has 1 saturated carbocycles. The number of amides is 1. The normalized spacial score (nSPS) is 13.6. The first-order chi connectivity index (χ1) is 14.6. The van der Waals surface area contributed by atoms with Crippen molar-refractivity contribution < 1.29 is 13.6 Å². The zero-order chi connectivity index (χ0) is 20.7. The second-order valence-electron chi connectivity index (χ2n) is 7.15. The molecule has 1 aliphatic rings. The van der Waals surface area contributed by atoms with Gasteiger partial charge in [-0.2, -0.15) is 0 Å². The molecule has 3 heterocycles. The fourth-order valence-electron chi connectivity index (χ4n) is 3.39. The molecule has 1 aliphatic carbocycles. The highest BCUT2D eigenvalue weighted by Gasteiger charge is 2.31. The van der Waals surface area contributed by atoms with Crippen molar-refractivity contribution in [2.24, 2.45) is 0 Å². The van der Waals surface area contributed by atoms with Crippen molar-refractivity contribution in [3.8, 4) is 11.6 Å². The van der Waals surface area contributed by atoms with Gasteiger partial charge in [-0.3, -0.25) is 9.36 Å². The van der Waals surface area contributed by atoms with Gasteiger partial charge in [0.15, 0.2) is 5.76 Å². The minimum Gasteiger partial charge on any atom is -0.461 e. The minimum absolute atomic E-state index is 0.0826. The fourth-order valence-corrected chi connectivity index (χ4v) is 3.39. The van der Waals surface area contributed by atoms with Crippen LogP contribution in [-0.4, -0.2) is 26.8 Å². The SMILES string of the molecule is O=C(NCCn1nc(-c2ccco2)n(C2CC2)c1=O)c1cc2ccccc2oc1=O. The Kier molecular flexibility index (Phi) is 4.35. The molecule has 9 heteroatoms. The number of fused-ring (bicyclic) bond motifs is 1. The molecule has 9 nitrogen and oxygen atoms in total. The first-order valence-corrected chi connectivity index (χ1v) is 9.66. The van der Waals surface area contributed by atoms with E-state index in [-0.39, 0.29) is 30.4 Å². The van der Waals surface area contributed by atoms with Crippen molar-refractivity contribution in [3.63, 3.8) is 0 Å². The number of carbonyl (C=O) groups is 1. The van der Waals surface area contributed by atoms with Crippen molar-refractivity contribution in [2.75, 3.05) is 6.54 Å². The zero-order valence-corrected chi connectivity index (χ0v) is 15.9. The number of para-hydroxylation sites is 1. The van der Waals surface area contributed by atoms with E-state index in [1.165, 1.54) is 17.0 Å². The molecule has 0 bridgehead atoms. The molecule has 0 saturated heterocycles. The summed E-state index contributed by atoms with van der Waals surface area (Å²) in [6, 6.07) is 12.1. The topological polar surface area (TPSA) is 112 Å². The van der Waals surface area contributed by atoms with Crippen LogP contribution in [-0.2, 0) is 6.54 Å². The molecule has 0 aliphatic heterocycles. The van der Waals surface area contributed by atoms with Crippen LogP contribution in [0.4, 0.5) is 0 Å². The summed E-state index contributed by atoms with van der Waals surface area (Å²) in [7, 11) is 0. The first-order valence-electron chi connectivity index (χ1n) is 9.66. The minimum atomic E-state index is -0.707. The van der Waals surface area contributed by atoms with Crippen LogP contribution in [0.3, 0.4) is 0 Å². The molecule has 152 valence electrons. The zero-order valence-electron chi connectivity index (χ0n) is 15.9. The Morgan fingerprint density at radius 2 is 2.00 bits per heavy atom. The van der Waals surface area contributed by atoms with Crippen LogP contribution in [0.15, 0.2) is 67.2 Å². The highest BCUT2D eigenvalue weighted by molar-refractivity contribution is 5.96. The van der Waals surface area contributed by atoms with Gasteiger partial charge >= 0.3 is 11.3 Å². The van der Waals surface area contributed by atoms with Gasteiger partial charge in [-0.25, -0.2) is 14.3 Å². The average Bonchev–Trinajstić information content (AvgIpc) is 3.31. The summed E-state index contributed by atoms with van der Waals surface area (Å²) >= 11 is 0. The fraction of sp³-hybridized carbons (Fsp3) is 0.238. The highest BCUT2D eigenvalue weighted by Crippen LogP contribution is 2.36. The van der Waals surface area contributed by atoms with Gasteiger partial charge in [-0.05, 0) is 37.1 Å². The third-order valence-electron chi connectivity index (χ3n) is 5.02. The van der Waals surface area contributed by atoms with Crippen LogP contribution in [0.25, 0.3) is 22.6 Å². The number of aromatic nitrogens is 3. The van der Waals surface area contributed by atoms with E-state index in [0.29, 0.717) is 22.6 Å². The molecule has 0 spiro atoms. The van der Waals surface area contributed by atoms with Gasteiger partial charge in [0.2, 0.25) is 5.82 Å². The maximum absolute atomic E-state index is 12.8. The molecule has 1 N–H and O–H groups in total. The number of benzene rings is 1. The van der Waals surface area contributed by atoms with Gasteiger partial charge in [-0.15, -0.1) is 5.10 Å². The molecule has 4 aromatic rings.